The van der Waals surface area contributed by atoms with Gasteiger partial charge in [0.05, 0.1) is 31.3 Å². The van der Waals surface area contributed by atoms with Crippen molar-refractivity contribution in [2.45, 2.75) is 46.1 Å². The number of aromatic nitrogens is 4. The second kappa shape index (κ2) is 11.8. The van der Waals surface area contributed by atoms with Crippen LogP contribution in [-0.2, 0) is 23.2 Å². The number of carbonyl (C=O) groups is 2. The third-order valence-electron chi connectivity index (χ3n) is 8.31. The number of benzene rings is 2. The first-order valence-electron chi connectivity index (χ1n) is 13.9. The number of likely N-dealkylation sites (tertiary alicyclic amines) is 2. The average molecular weight is 575 g/mol. The summed E-state index contributed by atoms with van der Waals surface area (Å²) in [6, 6.07) is 11.6. The van der Waals surface area contributed by atoms with Crippen LogP contribution < -0.4 is 9.47 Å². The third kappa shape index (κ3) is 5.43. The fourth-order valence-corrected chi connectivity index (χ4v) is 5.98. The molecular weight excluding hydrogens is 536 g/mol. The standard InChI is InChI=1S/C30H34N6O5.CH4/c1-18-24-8-6-20(13-25(24)34(2)32-18)28-31-29(41-33-28)19-9-11-35(12-10-19)30(38)22-14-27(37)36(17-22)16-21-5-7-23(39-3)15-26(21)40-4;/h5-8,13,15,19,22H,9-12,14,16-17H2,1-4H3;1H4. The van der Waals surface area contributed by atoms with Gasteiger partial charge in [0.25, 0.3) is 0 Å². The van der Waals surface area contributed by atoms with E-state index in [-0.39, 0.29) is 37.5 Å². The van der Waals surface area contributed by atoms with E-state index in [1.54, 1.807) is 25.2 Å². The van der Waals surface area contributed by atoms with Gasteiger partial charge in [0, 0.05) is 68.1 Å². The first kappa shape index (κ1) is 29.1. The summed E-state index contributed by atoms with van der Waals surface area (Å²) in [5.74, 6) is 2.26. The Balaban J connectivity index is 0.00000353. The zero-order chi connectivity index (χ0) is 28.7. The van der Waals surface area contributed by atoms with Crippen LogP contribution in [0.25, 0.3) is 22.3 Å². The molecule has 2 aliphatic rings. The molecule has 0 spiro atoms. The van der Waals surface area contributed by atoms with Crippen molar-refractivity contribution >= 4 is 22.7 Å². The molecule has 2 saturated heterocycles. The van der Waals surface area contributed by atoms with E-state index in [9.17, 15) is 9.59 Å². The molecule has 2 aromatic heterocycles. The molecule has 0 radical (unpaired) electrons. The molecule has 4 aromatic rings. The monoisotopic (exact) mass is 574 g/mol. The van der Waals surface area contributed by atoms with E-state index in [0.29, 0.717) is 49.4 Å². The smallest absolute Gasteiger partial charge is 0.230 e. The van der Waals surface area contributed by atoms with Gasteiger partial charge in [-0.05, 0) is 38.0 Å². The maximum Gasteiger partial charge on any atom is 0.230 e. The van der Waals surface area contributed by atoms with E-state index in [1.165, 1.54) is 0 Å². The van der Waals surface area contributed by atoms with Crippen molar-refractivity contribution < 1.29 is 23.6 Å². The van der Waals surface area contributed by atoms with Crippen LogP contribution in [-0.4, -0.2) is 75.4 Å². The molecule has 4 heterocycles. The van der Waals surface area contributed by atoms with E-state index in [2.05, 4.69) is 10.3 Å². The van der Waals surface area contributed by atoms with Crippen LogP contribution >= 0.6 is 0 Å². The number of aryl methyl sites for hydroxylation is 2. The Morgan fingerprint density at radius 2 is 1.88 bits per heavy atom. The number of hydrogen-bond acceptors (Lipinski definition) is 8. The molecule has 2 amide bonds. The third-order valence-corrected chi connectivity index (χ3v) is 8.31. The quantitative estimate of drug-likeness (QED) is 0.320. The minimum absolute atomic E-state index is 0. The number of rotatable bonds is 7. The molecule has 0 N–H and O–H groups in total. The van der Waals surface area contributed by atoms with Crippen molar-refractivity contribution in [1.82, 2.24) is 29.7 Å². The number of piperidine rings is 1. The summed E-state index contributed by atoms with van der Waals surface area (Å²) in [7, 11) is 5.12. The van der Waals surface area contributed by atoms with Gasteiger partial charge in [-0.15, -0.1) is 0 Å². The summed E-state index contributed by atoms with van der Waals surface area (Å²) in [6.07, 6.45) is 1.70. The topological polar surface area (TPSA) is 116 Å². The van der Waals surface area contributed by atoms with Gasteiger partial charge in [-0.3, -0.25) is 14.3 Å². The zero-order valence-corrected chi connectivity index (χ0v) is 23.8. The fourth-order valence-electron chi connectivity index (χ4n) is 5.98. The number of hydrogen-bond donors (Lipinski definition) is 0. The number of methoxy groups -OCH3 is 2. The highest BCUT2D eigenvalue weighted by Crippen LogP contribution is 2.32. The molecule has 1 unspecified atom stereocenters. The van der Waals surface area contributed by atoms with E-state index >= 15 is 0 Å². The lowest BCUT2D eigenvalue weighted by Crippen LogP contribution is -2.42. The molecule has 2 aromatic carbocycles. The molecule has 0 saturated carbocycles. The summed E-state index contributed by atoms with van der Waals surface area (Å²) < 4.78 is 18.3. The first-order valence-corrected chi connectivity index (χ1v) is 13.9. The Labute approximate surface area is 245 Å². The minimum atomic E-state index is -0.344. The molecule has 222 valence electrons. The Morgan fingerprint density at radius 1 is 1.10 bits per heavy atom. The summed E-state index contributed by atoms with van der Waals surface area (Å²) >= 11 is 0. The highest BCUT2D eigenvalue weighted by Gasteiger charge is 2.38. The van der Waals surface area contributed by atoms with E-state index in [1.807, 2.05) is 53.9 Å². The molecule has 2 fully saturated rings. The van der Waals surface area contributed by atoms with Crippen molar-refractivity contribution in [2.24, 2.45) is 13.0 Å². The van der Waals surface area contributed by atoms with E-state index in [0.717, 1.165) is 40.6 Å². The molecule has 1 atom stereocenters. The minimum Gasteiger partial charge on any atom is -0.497 e. The molecule has 0 aliphatic carbocycles. The van der Waals surface area contributed by atoms with Crippen LogP contribution in [0.2, 0.25) is 0 Å². The lowest BCUT2D eigenvalue weighted by atomic mass is 9.95. The van der Waals surface area contributed by atoms with Gasteiger partial charge in [-0.1, -0.05) is 24.7 Å². The molecular formula is C31H38N6O5. The molecule has 11 nitrogen and oxygen atoms in total. The van der Waals surface area contributed by atoms with Crippen LogP contribution in [0, 0.1) is 12.8 Å². The van der Waals surface area contributed by atoms with Crippen molar-refractivity contribution in [2.75, 3.05) is 33.9 Å². The Bertz CT molecular complexity index is 1600. The second-order valence-corrected chi connectivity index (χ2v) is 10.8. The Kier molecular flexibility index (Phi) is 8.20. The van der Waals surface area contributed by atoms with Crippen molar-refractivity contribution in [3.8, 4) is 22.9 Å². The van der Waals surface area contributed by atoms with Crippen molar-refractivity contribution in [3.05, 3.63) is 53.5 Å². The lowest BCUT2D eigenvalue weighted by molar-refractivity contribution is -0.136. The Hall–Kier alpha value is -4.41. The van der Waals surface area contributed by atoms with Crippen LogP contribution in [0.15, 0.2) is 40.9 Å². The highest BCUT2D eigenvalue weighted by atomic mass is 16.5. The highest BCUT2D eigenvalue weighted by molar-refractivity contribution is 5.89. The van der Waals surface area contributed by atoms with Gasteiger partial charge in [0.1, 0.15) is 11.5 Å². The molecule has 6 rings (SSSR count). The van der Waals surface area contributed by atoms with Gasteiger partial charge < -0.3 is 23.8 Å². The maximum absolute atomic E-state index is 13.4. The molecule has 2 aliphatic heterocycles. The van der Waals surface area contributed by atoms with Crippen LogP contribution in [0.5, 0.6) is 11.5 Å². The zero-order valence-electron chi connectivity index (χ0n) is 23.8. The maximum atomic E-state index is 13.4. The lowest BCUT2D eigenvalue weighted by Gasteiger charge is -2.32. The van der Waals surface area contributed by atoms with Crippen molar-refractivity contribution in [3.63, 3.8) is 0 Å². The van der Waals surface area contributed by atoms with Crippen LogP contribution in [0.3, 0.4) is 0 Å². The van der Waals surface area contributed by atoms with Gasteiger partial charge in [-0.2, -0.15) is 10.1 Å². The fraction of sp³-hybridized carbons (Fsp3) is 0.452. The van der Waals surface area contributed by atoms with Gasteiger partial charge in [0.2, 0.25) is 23.5 Å². The van der Waals surface area contributed by atoms with Crippen LogP contribution in [0.4, 0.5) is 0 Å². The number of fused-ring (bicyclic) bond motifs is 1. The van der Waals surface area contributed by atoms with Crippen molar-refractivity contribution in [1.29, 1.82) is 0 Å². The number of amides is 2. The van der Waals surface area contributed by atoms with E-state index < -0.39 is 0 Å². The molecule has 0 bridgehead atoms. The first-order chi connectivity index (χ1) is 19.8. The predicted octanol–water partition coefficient (Wildman–Crippen LogP) is 4.34. The summed E-state index contributed by atoms with van der Waals surface area (Å²) in [4.78, 5) is 34.5. The SMILES string of the molecule is C.COc1ccc(CN2CC(C(=O)N3CCC(c4nc(-c5ccc6c(C)nn(C)c6c5)no4)CC3)CC2=O)c(OC)c1. The van der Waals surface area contributed by atoms with E-state index in [4.69, 9.17) is 19.0 Å². The molecule has 11 heteroatoms. The predicted molar refractivity (Wildman–Crippen MR) is 157 cm³/mol. The van der Waals surface area contributed by atoms with Gasteiger partial charge in [0.15, 0.2) is 0 Å². The molecule has 42 heavy (non-hydrogen) atoms. The van der Waals surface area contributed by atoms with Gasteiger partial charge in [-0.25, -0.2) is 0 Å². The van der Waals surface area contributed by atoms with Gasteiger partial charge >= 0.3 is 0 Å². The number of ether oxygens (including phenoxy) is 2. The number of nitrogens with zero attached hydrogens (tertiary/aromatic N) is 6. The summed E-state index contributed by atoms with van der Waals surface area (Å²) in [6.45, 7) is 3.98. The second-order valence-electron chi connectivity index (χ2n) is 10.8. The van der Waals surface area contributed by atoms with Crippen LogP contribution in [0.1, 0.15) is 49.8 Å². The average Bonchev–Trinajstić information content (AvgIpc) is 3.70. The number of carbonyl (C=O) groups excluding carboxylic acids is 2. The summed E-state index contributed by atoms with van der Waals surface area (Å²) in [5, 5.41) is 9.82. The largest absolute Gasteiger partial charge is 0.497 e. The Morgan fingerprint density at radius 3 is 2.62 bits per heavy atom. The normalized spacial score (nSPS) is 17.5. The summed E-state index contributed by atoms with van der Waals surface area (Å²) in [5.41, 5.74) is 3.76.